The second-order valence-electron chi connectivity index (χ2n) is 5.72. The van der Waals surface area contributed by atoms with Gasteiger partial charge in [0.1, 0.15) is 0 Å². The molecule has 0 aromatic carbocycles. The van der Waals surface area contributed by atoms with Gasteiger partial charge in [0.2, 0.25) is 11.8 Å². The van der Waals surface area contributed by atoms with Gasteiger partial charge in [-0.15, -0.1) is 0 Å². The zero-order valence-electron chi connectivity index (χ0n) is 11.7. The third-order valence-corrected chi connectivity index (χ3v) is 4.09. The van der Waals surface area contributed by atoms with Crippen molar-refractivity contribution in [1.29, 1.82) is 0 Å². The second kappa shape index (κ2) is 5.26. The van der Waals surface area contributed by atoms with Crippen molar-refractivity contribution in [3.8, 4) is 0 Å². The topological polar surface area (TPSA) is 67.2 Å². The Morgan fingerprint density at radius 1 is 1.40 bits per heavy atom. The molecule has 0 saturated heterocycles. The summed E-state index contributed by atoms with van der Waals surface area (Å²) in [6, 6.07) is 1.87. The Balaban J connectivity index is 1.73. The first-order valence-corrected chi connectivity index (χ1v) is 7.18. The van der Waals surface area contributed by atoms with E-state index in [1.165, 1.54) is 12.8 Å². The van der Waals surface area contributed by atoms with Gasteiger partial charge in [-0.1, -0.05) is 0 Å². The fourth-order valence-electron chi connectivity index (χ4n) is 2.74. The van der Waals surface area contributed by atoms with Gasteiger partial charge in [0.05, 0.1) is 24.7 Å². The van der Waals surface area contributed by atoms with Crippen molar-refractivity contribution in [3.63, 3.8) is 0 Å². The number of carbonyl (C=O) groups is 2. The summed E-state index contributed by atoms with van der Waals surface area (Å²) < 4.78 is 1.89. The number of hydrogen-bond donors (Lipinski definition) is 1. The molecule has 6 nitrogen and oxygen atoms in total. The Kier molecular flexibility index (Phi) is 3.46. The lowest BCUT2D eigenvalue weighted by Gasteiger charge is -2.33. The summed E-state index contributed by atoms with van der Waals surface area (Å²) >= 11 is 0. The second-order valence-corrected chi connectivity index (χ2v) is 5.72. The molecule has 108 valence electrons. The molecule has 1 saturated carbocycles. The molecule has 2 heterocycles. The maximum absolute atomic E-state index is 12.3. The fourth-order valence-corrected chi connectivity index (χ4v) is 2.74. The minimum atomic E-state index is -0.0585. The van der Waals surface area contributed by atoms with Gasteiger partial charge in [0.15, 0.2) is 0 Å². The van der Waals surface area contributed by atoms with Crippen molar-refractivity contribution in [1.82, 2.24) is 20.0 Å². The van der Waals surface area contributed by atoms with E-state index in [2.05, 4.69) is 10.4 Å². The molecular weight excluding hydrogens is 256 g/mol. The maximum atomic E-state index is 12.3. The van der Waals surface area contributed by atoms with Crippen LogP contribution in [0.3, 0.4) is 0 Å². The lowest BCUT2D eigenvalue weighted by Crippen LogP contribution is -2.42. The summed E-state index contributed by atoms with van der Waals surface area (Å²) in [5, 5.41) is 6.93. The quantitative estimate of drug-likeness (QED) is 0.880. The fraction of sp³-hybridized carbons (Fsp3) is 0.643. The maximum Gasteiger partial charge on any atom is 0.223 e. The largest absolute Gasteiger partial charge is 0.359 e. The molecule has 1 fully saturated rings. The van der Waals surface area contributed by atoms with E-state index < -0.39 is 0 Å². The summed E-state index contributed by atoms with van der Waals surface area (Å²) in [5.41, 5.74) is 1.01. The number of hydrogen-bond acceptors (Lipinski definition) is 3. The van der Waals surface area contributed by atoms with Gasteiger partial charge in [0.25, 0.3) is 0 Å². The van der Waals surface area contributed by atoms with E-state index in [4.69, 9.17) is 0 Å². The Hall–Kier alpha value is -1.85. The normalized spacial score (nSPS) is 21.4. The van der Waals surface area contributed by atoms with Crippen molar-refractivity contribution in [2.45, 2.75) is 38.3 Å². The first kappa shape index (κ1) is 13.1. The standard InChI is InChI=1S/C14H20N4O2/c1-15-13(19)7-12-9-17(14(20)6-10-2-3-10)8-11-4-5-16-18(11)12/h4-5,10,12H,2-3,6-9H2,1H3,(H,15,19)/t12-/m0/s1. The molecule has 20 heavy (non-hydrogen) atoms. The zero-order valence-corrected chi connectivity index (χ0v) is 11.7. The lowest BCUT2D eigenvalue weighted by molar-refractivity contribution is -0.134. The summed E-state index contributed by atoms with van der Waals surface area (Å²) in [6.45, 7) is 1.18. The SMILES string of the molecule is CNC(=O)C[C@H]1CN(C(=O)CC2CC2)Cc2ccnn21. The molecule has 1 N–H and O–H groups in total. The van der Waals surface area contributed by atoms with Gasteiger partial charge < -0.3 is 10.2 Å². The first-order valence-electron chi connectivity index (χ1n) is 7.18. The summed E-state index contributed by atoms with van der Waals surface area (Å²) in [4.78, 5) is 25.8. The smallest absolute Gasteiger partial charge is 0.223 e. The molecule has 1 atom stereocenters. The van der Waals surface area contributed by atoms with Crippen LogP contribution in [0.4, 0.5) is 0 Å². The third-order valence-electron chi connectivity index (χ3n) is 4.09. The summed E-state index contributed by atoms with van der Waals surface area (Å²) in [5.74, 6) is 0.779. The van der Waals surface area contributed by atoms with Crippen molar-refractivity contribution >= 4 is 11.8 Å². The predicted octanol–water partition coefficient (Wildman–Crippen LogP) is 0.703. The number of aromatic nitrogens is 2. The number of nitrogens with zero attached hydrogens (tertiary/aromatic N) is 3. The Bertz CT molecular complexity index is 521. The summed E-state index contributed by atoms with van der Waals surface area (Å²) in [7, 11) is 1.63. The molecule has 0 spiro atoms. The van der Waals surface area contributed by atoms with Gasteiger partial charge in [-0.3, -0.25) is 14.3 Å². The molecule has 2 aliphatic rings. The highest BCUT2D eigenvalue weighted by molar-refractivity contribution is 5.78. The molecule has 1 aromatic rings. The van der Waals surface area contributed by atoms with Crippen LogP contribution >= 0.6 is 0 Å². The van der Waals surface area contributed by atoms with Crippen LogP contribution < -0.4 is 5.32 Å². The molecule has 0 bridgehead atoms. The van der Waals surface area contributed by atoms with Gasteiger partial charge in [-0.25, -0.2) is 0 Å². The minimum Gasteiger partial charge on any atom is -0.359 e. The lowest BCUT2D eigenvalue weighted by atomic mass is 10.1. The van der Waals surface area contributed by atoms with Crippen LogP contribution in [0.1, 0.15) is 37.4 Å². The third kappa shape index (κ3) is 2.69. The van der Waals surface area contributed by atoms with Gasteiger partial charge >= 0.3 is 0 Å². The van der Waals surface area contributed by atoms with Crippen LogP contribution in [0.25, 0.3) is 0 Å². The molecule has 6 heteroatoms. The molecule has 3 rings (SSSR count). The van der Waals surface area contributed by atoms with E-state index in [0.717, 1.165) is 5.69 Å². The van der Waals surface area contributed by atoms with Crippen LogP contribution in [-0.4, -0.2) is 40.1 Å². The number of carbonyl (C=O) groups excluding carboxylic acids is 2. The molecule has 1 aliphatic heterocycles. The first-order chi connectivity index (χ1) is 9.67. The van der Waals surface area contributed by atoms with E-state index in [1.54, 1.807) is 13.2 Å². The highest BCUT2D eigenvalue weighted by Gasteiger charge is 2.32. The van der Waals surface area contributed by atoms with Crippen molar-refractivity contribution in [3.05, 3.63) is 18.0 Å². The van der Waals surface area contributed by atoms with Crippen LogP contribution in [-0.2, 0) is 16.1 Å². The van der Waals surface area contributed by atoms with E-state index in [1.807, 2.05) is 15.6 Å². The molecular formula is C14H20N4O2. The van der Waals surface area contributed by atoms with E-state index in [-0.39, 0.29) is 17.9 Å². The Morgan fingerprint density at radius 2 is 2.20 bits per heavy atom. The minimum absolute atomic E-state index is 0.0204. The highest BCUT2D eigenvalue weighted by atomic mass is 16.2. The zero-order chi connectivity index (χ0) is 14.1. The predicted molar refractivity (Wildman–Crippen MR) is 72.7 cm³/mol. The number of nitrogens with one attached hydrogen (secondary N) is 1. The van der Waals surface area contributed by atoms with Gasteiger partial charge in [-0.05, 0) is 24.8 Å². The average Bonchev–Trinajstić information content (AvgIpc) is 3.12. The van der Waals surface area contributed by atoms with E-state index in [0.29, 0.717) is 31.8 Å². The van der Waals surface area contributed by atoms with E-state index in [9.17, 15) is 9.59 Å². The Morgan fingerprint density at radius 3 is 2.90 bits per heavy atom. The molecule has 0 unspecified atom stereocenters. The number of fused-ring (bicyclic) bond motifs is 1. The van der Waals surface area contributed by atoms with Crippen LogP contribution in [0.2, 0.25) is 0 Å². The molecule has 1 aromatic heterocycles. The van der Waals surface area contributed by atoms with Crippen molar-refractivity contribution < 1.29 is 9.59 Å². The van der Waals surface area contributed by atoms with Crippen LogP contribution in [0.5, 0.6) is 0 Å². The monoisotopic (exact) mass is 276 g/mol. The van der Waals surface area contributed by atoms with Gasteiger partial charge in [-0.2, -0.15) is 5.10 Å². The highest BCUT2D eigenvalue weighted by Crippen LogP contribution is 2.34. The Labute approximate surface area is 118 Å². The average molecular weight is 276 g/mol. The van der Waals surface area contributed by atoms with E-state index >= 15 is 0 Å². The van der Waals surface area contributed by atoms with Crippen LogP contribution in [0, 0.1) is 5.92 Å². The molecule has 2 amide bonds. The summed E-state index contributed by atoms with van der Waals surface area (Å²) in [6.07, 6.45) is 5.11. The molecule has 1 aliphatic carbocycles. The number of rotatable bonds is 4. The van der Waals surface area contributed by atoms with Crippen LogP contribution in [0.15, 0.2) is 12.3 Å². The molecule has 0 radical (unpaired) electrons. The van der Waals surface area contributed by atoms with Crippen molar-refractivity contribution in [2.24, 2.45) is 5.92 Å². The van der Waals surface area contributed by atoms with Gasteiger partial charge in [0, 0.05) is 26.2 Å². The number of amides is 2. The van der Waals surface area contributed by atoms with Crippen molar-refractivity contribution in [2.75, 3.05) is 13.6 Å².